The fourth-order valence-corrected chi connectivity index (χ4v) is 5.67. The maximum atomic E-state index is 6.34. The normalized spacial score (nSPS) is 18.8. The van der Waals surface area contributed by atoms with Crippen molar-refractivity contribution < 1.29 is 5.32 Å². The Kier molecular flexibility index (Phi) is 6.44. The first-order valence-electron chi connectivity index (χ1n) is 14.0. The molecule has 7 rings (SSSR count). The fraction of sp³-hybridized carbons (Fsp3) is 0.0833. The van der Waals surface area contributed by atoms with Crippen LogP contribution in [0.3, 0.4) is 0 Å². The minimum Gasteiger partial charge on any atom is -0.398 e. The summed E-state index contributed by atoms with van der Waals surface area (Å²) in [6.07, 6.45) is 8.02. The molecule has 2 atom stereocenters. The molecule has 0 bridgehead atoms. The van der Waals surface area contributed by atoms with Gasteiger partial charge in [-0.3, -0.25) is 10.6 Å². The van der Waals surface area contributed by atoms with Gasteiger partial charge in [0.15, 0.2) is 11.9 Å². The molecule has 5 heteroatoms. The summed E-state index contributed by atoms with van der Waals surface area (Å²) in [5.74, 6) is 0.875. The zero-order valence-electron chi connectivity index (χ0n) is 22.9. The van der Waals surface area contributed by atoms with Crippen LogP contribution in [0.4, 0.5) is 5.69 Å². The molecule has 2 aliphatic rings. The minimum atomic E-state index is -0.220. The second-order valence-corrected chi connectivity index (χ2v) is 10.6. The molecule has 5 aromatic rings. The molecule has 0 aliphatic carbocycles. The van der Waals surface area contributed by atoms with Crippen LogP contribution in [0.1, 0.15) is 35.3 Å². The molecule has 2 aliphatic heterocycles. The van der Waals surface area contributed by atoms with Gasteiger partial charge < -0.3 is 11.1 Å². The molecule has 5 aromatic carbocycles. The summed E-state index contributed by atoms with van der Waals surface area (Å²) < 4.78 is 0. The van der Waals surface area contributed by atoms with E-state index in [2.05, 4.69) is 125 Å². The Hall–Kier alpha value is -4.97. The summed E-state index contributed by atoms with van der Waals surface area (Å²) in [4.78, 5) is 5.19. The van der Waals surface area contributed by atoms with Crippen molar-refractivity contribution in [3.63, 3.8) is 0 Å². The van der Waals surface area contributed by atoms with Crippen molar-refractivity contribution in [3.05, 3.63) is 149 Å². The molecule has 0 amide bonds. The predicted molar refractivity (Wildman–Crippen MR) is 171 cm³/mol. The molecule has 0 spiro atoms. The number of hydrogen-bond donors (Lipinski definition) is 4. The van der Waals surface area contributed by atoms with Crippen molar-refractivity contribution in [2.45, 2.75) is 19.3 Å². The van der Waals surface area contributed by atoms with Gasteiger partial charge in [-0.25, -0.2) is 4.99 Å². The number of nitrogen functional groups attached to an aromatic ring is 1. The number of benzene rings is 5. The summed E-state index contributed by atoms with van der Waals surface area (Å²) in [7, 11) is 0. The van der Waals surface area contributed by atoms with E-state index in [0.29, 0.717) is 0 Å². The first-order chi connectivity index (χ1) is 20.1. The van der Waals surface area contributed by atoms with E-state index in [1.165, 1.54) is 27.1 Å². The quantitative estimate of drug-likeness (QED) is 0.207. The lowest BCUT2D eigenvalue weighted by Crippen LogP contribution is -2.80. The van der Waals surface area contributed by atoms with Crippen molar-refractivity contribution >= 4 is 44.8 Å². The number of hydrogen-bond acceptors (Lipinski definition) is 4. The van der Waals surface area contributed by atoms with Crippen LogP contribution in [0, 0.1) is 0 Å². The molecule has 6 N–H and O–H groups in total. The predicted octanol–water partition coefficient (Wildman–Crippen LogP) is 6.07. The summed E-state index contributed by atoms with van der Waals surface area (Å²) >= 11 is 0. The molecule has 5 nitrogen and oxygen atoms in total. The van der Waals surface area contributed by atoms with Gasteiger partial charge >= 0.3 is 0 Å². The van der Waals surface area contributed by atoms with Crippen LogP contribution >= 0.6 is 0 Å². The molecule has 0 radical (unpaired) electrons. The van der Waals surface area contributed by atoms with Crippen molar-refractivity contribution in [3.8, 4) is 0 Å². The van der Waals surface area contributed by atoms with E-state index in [0.717, 1.165) is 39.6 Å². The number of rotatable bonds is 5. The van der Waals surface area contributed by atoms with Gasteiger partial charge in [0.05, 0.1) is 0 Å². The molecular weight excluding hydrogens is 502 g/mol. The highest BCUT2D eigenvalue weighted by molar-refractivity contribution is 6.02. The van der Waals surface area contributed by atoms with E-state index in [4.69, 9.17) is 10.7 Å². The molecule has 0 aromatic heterocycles. The average molecular weight is 535 g/mol. The number of allylic oxidation sites excluding steroid dienone is 3. The lowest BCUT2D eigenvalue weighted by molar-refractivity contribution is -0.509. The van der Waals surface area contributed by atoms with Crippen LogP contribution in [-0.4, -0.2) is 12.0 Å². The number of nitrogens with zero attached hydrogens (tertiary/aromatic N) is 1. The van der Waals surface area contributed by atoms with Gasteiger partial charge in [0.2, 0.25) is 0 Å². The number of nitrogens with two attached hydrogens (primary N) is 2. The van der Waals surface area contributed by atoms with Crippen molar-refractivity contribution in [1.82, 2.24) is 10.6 Å². The largest absolute Gasteiger partial charge is 0.398 e. The van der Waals surface area contributed by atoms with E-state index in [-0.39, 0.29) is 12.3 Å². The molecule has 0 saturated heterocycles. The van der Waals surface area contributed by atoms with Gasteiger partial charge in [0, 0.05) is 29.0 Å². The highest BCUT2D eigenvalue weighted by Crippen LogP contribution is 2.26. The van der Waals surface area contributed by atoms with Crippen LogP contribution < -0.4 is 21.7 Å². The van der Waals surface area contributed by atoms with Crippen molar-refractivity contribution in [1.29, 1.82) is 0 Å². The van der Waals surface area contributed by atoms with Gasteiger partial charge in [-0.15, -0.1) is 0 Å². The first-order valence-corrected chi connectivity index (χ1v) is 14.0. The van der Waals surface area contributed by atoms with Crippen LogP contribution in [0.25, 0.3) is 33.3 Å². The number of quaternary nitrogens is 1. The first kappa shape index (κ1) is 25.0. The van der Waals surface area contributed by atoms with Crippen molar-refractivity contribution in [2.24, 2.45) is 4.99 Å². The number of aliphatic imine (C=N–C) groups is 1. The minimum absolute atomic E-state index is 0.113. The number of anilines is 1. The van der Waals surface area contributed by atoms with E-state index in [1.807, 2.05) is 25.1 Å². The molecular formula is C36H32N5+. The van der Waals surface area contributed by atoms with E-state index >= 15 is 0 Å². The Morgan fingerprint density at radius 2 is 1.46 bits per heavy atom. The second-order valence-electron chi connectivity index (χ2n) is 10.6. The van der Waals surface area contributed by atoms with Gasteiger partial charge in [0.1, 0.15) is 17.7 Å². The summed E-state index contributed by atoms with van der Waals surface area (Å²) in [5.41, 5.74) is 13.7. The van der Waals surface area contributed by atoms with E-state index < -0.39 is 0 Å². The Morgan fingerprint density at radius 1 is 0.756 bits per heavy atom. The van der Waals surface area contributed by atoms with Gasteiger partial charge in [-0.2, -0.15) is 0 Å². The Morgan fingerprint density at radius 3 is 2.22 bits per heavy atom. The maximum absolute atomic E-state index is 6.34. The third-order valence-electron chi connectivity index (χ3n) is 7.85. The fourth-order valence-electron chi connectivity index (χ4n) is 5.67. The monoisotopic (exact) mass is 534 g/mol. The third-order valence-corrected chi connectivity index (χ3v) is 7.85. The highest BCUT2D eigenvalue weighted by atomic mass is 15.3. The smallest absolute Gasteiger partial charge is 0.179 e. The van der Waals surface area contributed by atoms with E-state index in [1.54, 1.807) is 0 Å². The topological polar surface area (TPSA) is 79.0 Å². The number of nitrogens with one attached hydrogen (secondary N) is 2. The summed E-state index contributed by atoms with van der Waals surface area (Å²) in [6.45, 7) is 2.00. The highest BCUT2D eigenvalue weighted by Gasteiger charge is 2.31. The SMILES string of the molecule is C/C=C\c1ccc(C2=CC=C(C3N=C(c4ccc5ccccc5c4)NC(c4ccc5ccccc5c4)N3)[NH2+]2)cc1N. The zero-order chi connectivity index (χ0) is 27.8. The average Bonchev–Trinajstić information content (AvgIpc) is 3.52. The van der Waals surface area contributed by atoms with Gasteiger partial charge in [0.25, 0.3) is 0 Å². The number of fused-ring (bicyclic) bond motifs is 2. The van der Waals surface area contributed by atoms with Crippen LogP contribution in [0.15, 0.2) is 132 Å². The molecule has 41 heavy (non-hydrogen) atoms. The van der Waals surface area contributed by atoms with Gasteiger partial charge in [-0.1, -0.05) is 91.0 Å². The number of amidine groups is 1. The Bertz CT molecular complexity index is 1910. The summed E-state index contributed by atoms with van der Waals surface area (Å²) in [5, 5.41) is 14.5. The van der Waals surface area contributed by atoms with Crippen molar-refractivity contribution in [2.75, 3.05) is 5.73 Å². The van der Waals surface area contributed by atoms with Gasteiger partial charge in [-0.05, 0) is 63.9 Å². The molecule has 2 unspecified atom stereocenters. The third kappa shape index (κ3) is 4.93. The van der Waals surface area contributed by atoms with Crippen LogP contribution in [0.2, 0.25) is 0 Å². The molecule has 0 fully saturated rings. The summed E-state index contributed by atoms with van der Waals surface area (Å²) in [6, 6.07) is 36.3. The second kappa shape index (κ2) is 10.5. The lowest BCUT2D eigenvalue weighted by atomic mass is 10.0. The van der Waals surface area contributed by atoms with E-state index in [9.17, 15) is 0 Å². The molecule has 200 valence electrons. The van der Waals surface area contributed by atoms with Crippen LogP contribution in [-0.2, 0) is 0 Å². The zero-order valence-corrected chi connectivity index (χ0v) is 22.9. The lowest BCUT2D eigenvalue weighted by Gasteiger charge is -2.31. The van der Waals surface area contributed by atoms with Crippen LogP contribution in [0.5, 0.6) is 0 Å². The molecule has 0 saturated carbocycles. The standard InChI is InChI=1S/C36H31N5/c1-2-7-25-14-15-28(22-31(25)37)32-18-19-33(38-32)36-40-34(29-16-12-23-8-3-5-10-26(23)20-29)39-35(41-36)30-17-13-24-9-4-6-11-27(24)21-30/h2-22,34,36,38,40H,37H2,1H3,(H,39,41)/p+1/b7-2-. The Labute approximate surface area is 239 Å². The molecule has 2 heterocycles. The maximum Gasteiger partial charge on any atom is 0.179 e. The Balaban J connectivity index is 1.22.